The Labute approximate surface area is 194 Å². The van der Waals surface area contributed by atoms with Crippen LogP contribution in [0, 0.1) is 0 Å². The summed E-state index contributed by atoms with van der Waals surface area (Å²) in [5.41, 5.74) is 2.91. The number of hydrogen-bond donors (Lipinski definition) is 5. The highest BCUT2D eigenvalue weighted by Gasteiger charge is 2.28. The third-order valence-corrected chi connectivity index (χ3v) is 5.45. The standard InChI is InChI=1S/C22H24ClN3O7/c1-32-13-7-5-12(6-8-13)19-20(22(30)24-9-3-2-4-18(29)25-31)26-33-21(19)14-10-15(23)17(28)11-16(14)27/h5,7,10-11,27-28,31H,2-4,6,8-9H2,1H3,(H,24,30)(H,25,29). The molecule has 1 aromatic heterocycles. The maximum Gasteiger partial charge on any atom is 0.274 e. The predicted molar refractivity (Wildman–Crippen MR) is 119 cm³/mol. The van der Waals surface area contributed by atoms with Crippen LogP contribution in [0.25, 0.3) is 16.9 Å². The average molecular weight is 478 g/mol. The number of phenols is 2. The normalized spacial score (nSPS) is 13.2. The van der Waals surface area contributed by atoms with Crippen molar-refractivity contribution in [3.63, 3.8) is 0 Å². The fraction of sp³-hybridized carbons (Fsp3) is 0.318. The number of aromatic nitrogens is 1. The van der Waals surface area contributed by atoms with E-state index in [4.69, 9.17) is 26.1 Å². The first-order chi connectivity index (χ1) is 15.8. The number of aromatic hydroxyl groups is 2. The molecule has 0 bridgehead atoms. The molecule has 1 aliphatic carbocycles. The van der Waals surface area contributed by atoms with Gasteiger partial charge in [-0.3, -0.25) is 14.8 Å². The van der Waals surface area contributed by atoms with Crippen LogP contribution in [-0.2, 0) is 9.53 Å². The molecule has 0 aliphatic heterocycles. The summed E-state index contributed by atoms with van der Waals surface area (Å²) in [4.78, 5) is 24.0. The molecular formula is C22H24ClN3O7. The van der Waals surface area contributed by atoms with Gasteiger partial charge in [-0.1, -0.05) is 22.8 Å². The lowest BCUT2D eigenvalue weighted by Gasteiger charge is -2.15. The van der Waals surface area contributed by atoms with E-state index in [1.165, 1.54) is 6.07 Å². The van der Waals surface area contributed by atoms with Crippen molar-refractivity contribution in [2.24, 2.45) is 0 Å². The van der Waals surface area contributed by atoms with E-state index in [-0.39, 0.29) is 46.5 Å². The number of nitrogens with zero attached hydrogens (tertiary/aromatic N) is 1. The number of rotatable bonds is 9. The van der Waals surface area contributed by atoms with Crippen LogP contribution in [-0.4, -0.2) is 46.0 Å². The number of halogens is 1. The Balaban J connectivity index is 1.91. The molecule has 176 valence electrons. The van der Waals surface area contributed by atoms with Gasteiger partial charge >= 0.3 is 0 Å². The molecule has 0 unspecified atom stereocenters. The number of phenolic OH excluding ortho intramolecular Hbond substituents is 2. The molecule has 33 heavy (non-hydrogen) atoms. The van der Waals surface area contributed by atoms with E-state index in [0.717, 1.165) is 17.4 Å². The maximum absolute atomic E-state index is 12.9. The molecule has 1 aliphatic rings. The Bertz CT molecular complexity index is 1110. The number of allylic oxidation sites excluding steroid dienone is 4. The van der Waals surface area contributed by atoms with Crippen LogP contribution in [0.2, 0.25) is 5.02 Å². The van der Waals surface area contributed by atoms with Crippen molar-refractivity contribution in [1.82, 2.24) is 16.0 Å². The van der Waals surface area contributed by atoms with Gasteiger partial charge in [-0.2, -0.15) is 0 Å². The minimum absolute atomic E-state index is 0.00209. The Hall–Kier alpha value is -3.50. The SMILES string of the molecule is COC1=CC=C(c2c(C(=O)NCCCCC(=O)NO)noc2-c2cc(Cl)c(O)cc2O)CC1. The molecule has 11 heteroatoms. The molecule has 0 fully saturated rings. The quantitative estimate of drug-likeness (QED) is 0.209. The number of amides is 2. The summed E-state index contributed by atoms with van der Waals surface area (Å²) < 4.78 is 10.7. The van der Waals surface area contributed by atoms with Crippen LogP contribution in [0.15, 0.2) is 34.6 Å². The summed E-state index contributed by atoms with van der Waals surface area (Å²) in [6.45, 7) is 0.280. The van der Waals surface area contributed by atoms with E-state index in [1.807, 2.05) is 0 Å². The predicted octanol–water partition coefficient (Wildman–Crippen LogP) is 3.52. The molecule has 1 aromatic carbocycles. The number of methoxy groups -OCH3 is 1. The molecule has 0 atom stereocenters. The highest BCUT2D eigenvalue weighted by Crippen LogP contribution is 2.42. The molecule has 0 radical (unpaired) electrons. The zero-order valence-corrected chi connectivity index (χ0v) is 18.6. The summed E-state index contributed by atoms with van der Waals surface area (Å²) in [6, 6.07) is 2.42. The summed E-state index contributed by atoms with van der Waals surface area (Å²) in [6.07, 6.45) is 5.83. The number of hydroxylamine groups is 1. The summed E-state index contributed by atoms with van der Waals surface area (Å²) >= 11 is 6.02. The van der Waals surface area contributed by atoms with Crippen molar-refractivity contribution in [2.45, 2.75) is 32.1 Å². The number of ether oxygens (including phenoxy) is 1. The lowest BCUT2D eigenvalue weighted by Crippen LogP contribution is -2.26. The molecule has 10 nitrogen and oxygen atoms in total. The Morgan fingerprint density at radius 2 is 1.97 bits per heavy atom. The highest BCUT2D eigenvalue weighted by molar-refractivity contribution is 6.32. The Kier molecular flexibility index (Phi) is 7.96. The smallest absolute Gasteiger partial charge is 0.274 e. The lowest BCUT2D eigenvalue weighted by atomic mass is 9.92. The molecule has 0 saturated carbocycles. The van der Waals surface area contributed by atoms with Gasteiger partial charge < -0.3 is 24.8 Å². The maximum atomic E-state index is 12.9. The van der Waals surface area contributed by atoms with Gasteiger partial charge in [-0.05, 0) is 37.0 Å². The van der Waals surface area contributed by atoms with Gasteiger partial charge in [0.15, 0.2) is 11.5 Å². The number of carbonyl (C=O) groups is 2. The number of nitrogens with one attached hydrogen (secondary N) is 2. The first-order valence-electron chi connectivity index (χ1n) is 10.2. The molecule has 2 aromatic rings. The number of unbranched alkanes of at least 4 members (excludes halogenated alkanes) is 1. The van der Waals surface area contributed by atoms with Crippen molar-refractivity contribution in [3.05, 3.63) is 46.3 Å². The lowest BCUT2D eigenvalue weighted by molar-refractivity contribution is -0.129. The second-order valence-electron chi connectivity index (χ2n) is 7.33. The zero-order chi connectivity index (χ0) is 24.0. The second kappa shape index (κ2) is 10.9. The molecule has 1 heterocycles. The van der Waals surface area contributed by atoms with E-state index in [9.17, 15) is 19.8 Å². The van der Waals surface area contributed by atoms with Gasteiger partial charge in [-0.15, -0.1) is 0 Å². The molecule has 0 saturated heterocycles. The third kappa shape index (κ3) is 5.65. The summed E-state index contributed by atoms with van der Waals surface area (Å²) in [7, 11) is 1.58. The Morgan fingerprint density at radius 3 is 2.64 bits per heavy atom. The fourth-order valence-corrected chi connectivity index (χ4v) is 3.57. The minimum atomic E-state index is -0.496. The van der Waals surface area contributed by atoms with Gasteiger partial charge in [-0.25, -0.2) is 5.48 Å². The molecule has 2 amide bonds. The van der Waals surface area contributed by atoms with Gasteiger partial charge in [0.05, 0.1) is 29.0 Å². The van der Waals surface area contributed by atoms with Crippen molar-refractivity contribution < 1.29 is 34.3 Å². The van der Waals surface area contributed by atoms with E-state index in [2.05, 4.69) is 10.5 Å². The zero-order valence-electron chi connectivity index (χ0n) is 17.9. The van der Waals surface area contributed by atoms with E-state index < -0.39 is 11.8 Å². The van der Waals surface area contributed by atoms with E-state index >= 15 is 0 Å². The molecule has 5 N–H and O–H groups in total. The molecular weight excluding hydrogens is 454 g/mol. The minimum Gasteiger partial charge on any atom is -0.507 e. The summed E-state index contributed by atoms with van der Waals surface area (Å²) in [5.74, 6) is -0.641. The van der Waals surface area contributed by atoms with Crippen molar-refractivity contribution in [3.8, 4) is 22.8 Å². The van der Waals surface area contributed by atoms with Crippen molar-refractivity contribution in [1.29, 1.82) is 0 Å². The molecule has 0 spiro atoms. The van der Waals surface area contributed by atoms with Crippen LogP contribution in [0.3, 0.4) is 0 Å². The highest BCUT2D eigenvalue weighted by atomic mass is 35.5. The number of hydrogen-bond acceptors (Lipinski definition) is 8. The van der Waals surface area contributed by atoms with Crippen molar-refractivity contribution in [2.75, 3.05) is 13.7 Å². The van der Waals surface area contributed by atoms with Gasteiger partial charge in [0.1, 0.15) is 11.5 Å². The van der Waals surface area contributed by atoms with Crippen LogP contribution >= 0.6 is 11.6 Å². The van der Waals surface area contributed by atoms with E-state index in [1.54, 1.807) is 24.7 Å². The van der Waals surface area contributed by atoms with E-state index in [0.29, 0.717) is 31.2 Å². The third-order valence-electron chi connectivity index (χ3n) is 5.15. The fourth-order valence-electron chi connectivity index (χ4n) is 3.41. The first kappa shape index (κ1) is 24.1. The van der Waals surface area contributed by atoms with Gasteiger partial charge in [0.25, 0.3) is 5.91 Å². The average Bonchev–Trinajstić information content (AvgIpc) is 3.25. The first-order valence-corrected chi connectivity index (χ1v) is 10.6. The Morgan fingerprint density at radius 1 is 1.18 bits per heavy atom. The molecule has 3 rings (SSSR count). The monoisotopic (exact) mass is 477 g/mol. The summed E-state index contributed by atoms with van der Waals surface area (Å²) in [5, 5.41) is 35.3. The van der Waals surface area contributed by atoms with Crippen LogP contribution in [0.1, 0.15) is 48.2 Å². The number of benzene rings is 1. The second-order valence-corrected chi connectivity index (χ2v) is 7.74. The van der Waals surface area contributed by atoms with Gasteiger partial charge in [0, 0.05) is 25.5 Å². The van der Waals surface area contributed by atoms with Crippen LogP contribution in [0.4, 0.5) is 0 Å². The topological polar surface area (TPSA) is 154 Å². The van der Waals surface area contributed by atoms with Gasteiger partial charge in [0.2, 0.25) is 5.91 Å². The number of carbonyl (C=O) groups excluding carboxylic acids is 2. The largest absolute Gasteiger partial charge is 0.507 e. The van der Waals surface area contributed by atoms with Crippen molar-refractivity contribution >= 4 is 29.0 Å². The van der Waals surface area contributed by atoms with Crippen LogP contribution < -0.4 is 10.8 Å². The van der Waals surface area contributed by atoms with Crippen LogP contribution in [0.5, 0.6) is 11.5 Å².